The van der Waals surface area contributed by atoms with Gasteiger partial charge in [-0.15, -0.1) is 0 Å². The third kappa shape index (κ3) is 81.5. The molecule has 0 amide bonds. The predicted octanol–water partition coefficient (Wildman–Crippen LogP) is 24.5. The van der Waals surface area contributed by atoms with Gasteiger partial charge >= 0.3 is 33.6 Å². The zero-order valence-electron chi connectivity index (χ0n) is 66.5. The maximum absolute atomic E-state index is 13.0. The fourth-order valence-corrected chi connectivity index (χ4v) is 12.1. The molecule has 0 aromatic heterocycles. The number of aliphatic hydroxyl groups is 2. The molecule has 0 aliphatic carbocycles. The van der Waals surface area contributed by atoms with Gasteiger partial charge in [0, 0.05) is 19.3 Å². The summed E-state index contributed by atoms with van der Waals surface area (Å²) in [5.74, 6) is -1.66. The number of aliphatic hydroxyl groups excluding tert-OH is 2. The number of allylic oxidation sites excluding steroid dienone is 30. The summed E-state index contributed by atoms with van der Waals surface area (Å²) in [5.41, 5.74) is 0. The second-order valence-corrected chi connectivity index (χ2v) is 29.7. The van der Waals surface area contributed by atoms with E-state index < -0.39 is 91.5 Å². The van der Waals surface area contributed by atoms with Crippen LogP contribution in [0.1, 0.15) is 303 Å². The first kappa shape index (κ1) is 102. The summed E-state index contributed by atoms with van der Waals surface area (Å²) in [5, 5.41) is 20.7. The standard InChI is InChI=1S/C89H146O16P2/c1-4-7-10-13-16-19-22-25-28-31-33-35-36-37-38-39-40-41-42-43-44-45-46-48-50-52-54-57-60-63-66-69-72-75-87(92)99-78-84(90)79-101-106(95,96)102-80-85(91)81-103-107(97,98)104-83-86(105-89(94)77-74-71-68-65-62-59-56-51-30-27-24-21-18-15-12-9-6-3)82-100-88(93)76-73-70-67-64-61-58-55-53-49-47-34-32-29-26-23-20-17-14-11-8-5-2/h7-12,16-21,25-30,33-35,37-38,47,53,55-56,59,61,64,84-86,90-91H,4-6,13-15,22-24,31-32,36,39-46,48-52,54,57-58,60,62-63,65-83H2,1-3H3,(H,95,96)(H,97,98)/b10-7-,11-8-,12-9-,19-16-,20-17-,21-18-,28-25-,29-26-,30-27-,35-33-,38-37-,47-34-,55-53-,59-56-,64-61-. The summed E-state index contributed by atoms with van der Waals surface area (Å²) < 4.78 is 61.1. The number of ether oxygens (including phenoxy) is 3. The van der Waals surface area contributed by atoms with Gasteiger partial charge in [-0.2, -0.15) is 0 Å². The highest BCUT2D eigenvalue weighted by atomic mass is 31.2. The van der Waals surface area contributed by atoms with Gasteiger partial charge < -0.3 is 34.2 Å². The molecule has 0 radical (unpaired) electrons. The van der Waals surface area contributed by atoms with Crippen molar-refractivity contribution in [2.75, 3.05) is 39.6 Å². The van der Waals surface area contributed by atoms with Crippen LogP contribution in [0.4, 0.5) is 0 Å². The minimum Gasteiger partial charge on any atom is -0.463 e. The molecule has 0 saturated carbocycles. The number of hydrogen-bond donors (Lipinski definition) is 4. The topological polar surface area (TPSA) is 231 Å². The number of hydrogen-bond acceptors (Lipinski definition) is 14. The predicted molar refractivity (Wildman–Crippen MR) is 445 cm³/mol. The van der Waals surface area contributed by atoms with Gasteiger partial charge in [-0.3, -0.25) is 32.5 Å². The van der Waals surface area contributed by atoms with Crippen molar-refractivity contribution in [1.82, 2.24) is 0 Å². The van der Waals surface area contributed by atoms with Crippen molar-refractivity contribution >= 4 is 33.6 Å². The molecular formula is C89H146O16P2. The van der Waals surface area contributed by atoms with Crippen LogP contribution in [-0.2, 0) is 55.8 Å². The molecule has 5 unspecified atom stereocenters. The Kier molecular flexibility index (Phi) is 76.2. The van der Waals surface area contributed by atoms with Crippen molar-refractivity contribution in [3.63, 3.8) is 0 Å². The van der Waals surface area contributed by atoms with Crippen molar-refractivity contribution in [1.29, 1.82) is 0 Å². The largest absolute Gasteiger partial charge is 0.472 e. The van der Waals surface area contributed by atoms with Crippen LogP contribution >= 0.6 is 15.6 Å². The summed E-state index contributed by atoms with van der Waals surface area (Å²) in [6.07, 6.45) is 104. The zero-order valence-corrected chi connectivity index (χ0v) is 68.3. The van der Waals surface area contributed by atoms with E-state index in [1.165, 1.54) is 89.9 Å². The first-order valence-electron chi connectivity index (χ1n) is 41.1. The summed E-state index contributed by atoms with van der Waals surface area (Å²) in [4.78, 5) is 58.7. The van der Waals surface area contributed by atoms with E-state index in [9.17, 15) is 43.5 Å². The fourth-order valence-electron chi connectivity index (χ4n) is 10.5. The summed E-state index contributed by atoms with van der Waals surface area (Å²) in [7, 11) is -9.83. The van der Waals surface area contributed by atoms with Crippen molar-refractivity contribution in [2.24, 2.45) is 0 Å². The monoisotopic (exact) mass is 1530 g/mol. The lowest BCUT2D eigenvalue weighted by atomic mass is 10.0. The van der Waals surface area contributed by atoms with E-state index in [4.69, 9.17) is 32.3 Å². The van der Waals surface area contributed by atoms with Crippen molar-refractivity contribution in [2.45, 2.75) is 322 Å². The Balaban J connectivity index is 4.54. The van der Waals surface area contributed by atoms with Gasteiger partial charge in [0.1, 0.15) is 25.4 Å². The van der Waals surface area contributed by atoms with Crippen molar-refractivity contribution in [3.8, 4) is 0 Å². The number of phosphoric acid groups is 2. The number of carbonyl (C=O) groups is 3. The highest BCUT2D eigenvalue weighted by Gasteiger charge is 2.29. The molecule has 0 spiro atoms. The van der Waals surface area contributed by atoms with Crippen LogP contribution in [0.5, 0.6) is 0 Å². The van der Waals surface area contributed by atoms with Crippen LogP contribution in [-0.4, -0.2) is 95.9 Å². The van der Waals surface area contributed by atoms with E-state index in [1.807, 2.05) is 0 Å². The van der Waals surface area contributed by atoms with Gasteiger partial charge in [0.2, 0.25) is 0 Å². The average Bonchev–Trinajstić information content (AvgIpc) is 0.927. The van der Waals surface area contributed by atoms with E-state index >= 15 is 0 Å². The molecule has 0 fully saturated rings. The molecule has 0 aromatic rings. The molecule has 107 heavy (non-hydrogen) atoms. The number of esters is 3. The smallest absolute Gasteiger partial charge is 0.463 e. The third-order valence-corrected chi connectivity index (χ3v) is 18.5. The molecular weight excluding hydrogens is 1390 g/mol. The maximum Gasteiger partial charge on any atom is 0.472 e. The SMILES string of the molecule is CC/C=C\C/C=C\C/C=C\C/C=C\C/C=C\C/C=C\CCCCC(=O)OCC(COP(=O)(O)OCC(O)COP(=O)(O)OCC(O)COC(=O)CCCCCCCCCCCCCCCCCCC/C=C\C/C=C\C/C=C\C/C=C\C/C=C\CC)OC(=O)CCCCCC/C=C\C/C=C\C/C=C\C/C=C\CC. The van der Waals surface area contributed by atoms with Crippen LogP contribution in [0.2, 0.25) is 0 Å². The molecule has 0 saturated heterocycles. The Bertz CT molecular complexity index is 2670. The molecule has 0 aromatic carbocycles. The molecule has 608 valence electrons. The van der Waals surface area contributed by atoms with Crippen LogP contribution in [0.25, 0.3) is 0 Å². The highest BCUT2D eigenvalue weighted by Crippen LogP contribution is 2.45. The molecule has 0 aliphatic rings. The zero-order chi connectivity index (χ0) is 78.0. The Labute approximate surface area is 649 Å². The first-order valence-corrected chi connectivity index (χ1v) is 44.1. The lowest BCUT2D eigenvalue weighted by Gasteiger charge is -2.21. The summed E-state index contributed by atoms with van der Waals surface area (Å²) in [6, 6.07) is 0. The Hall–Kier alpha value is -5.35. The molecule has 0 bridgehead atoms. The van der Waals surface area contributed by atoms with Crippen molar-refractivity contribution < 1.29 is 75.8 Å². The Morgan fingerprint density at radius 3 is 0.757 bits per heavy atom. The fraction of sp³-hybridized carbons (Fsp3) is 0.629. The lowest BCUT2D eigenvalue weighted by molar-refractivity contribution is -0.161. The summed E-state index contributed by atoms with van der Waals surface area (Å²) >= 11 is 0. The van der Waals surface area contributed by atoms with E-state index in [2.05, 4.69) is 203 Å². The first-order chi connectivity index (χ1) is 52.2. The third-order valence-electron chi connectivity index (χ3n) is 16.6. The molecule has 18 heteroatoms. The van der Waals surface area contributed by atoms with Gasteiger partial charge in [0.25, 0.3) is 0 Å². The second-order valence-electron chi connectivity index (χ2n) is 26.8. The number of phosphoric ester groups is 2. The Morgan fingerprint density at radius 2 is 0.467 bits per heavy atom. The van der Waals surface area contributed by atoms with E-state index in [0.29, 0.717) is 19.3 Å². The maximum atomic E-state index is 13.0. The number of unbranched alkanes of at least 4 members (excludes halogenated alkanes) is 23. The van der Waals surface area contributed by atoms with Crippen molar-refractivity contribution in [3.05, 3.63) is 182 Å². The van der Waals surface area contributed by atoms with Gasteiger partial charge in [-0.05, 0) is 154 Å². The molecule has 0 rings (SSSR count). The molecule has 0 heterocycles. The average molecular weight is 1530 g/mol. The van der Waals surface area contributed by atoms with E-state index in [0.717, 1.165) is 154 Å². The van der Waals surface area contributed by atoms with Crippen LogP contribution in [0, 0.1) is 0 Å². The van der Waals surface area contributed by atoms with E-state index in [1.54, 1.807) is 0 Å². The van der Waals surface area contributed by atoms with Gasteiger partial charge in [0.05, 0.1) is 26.4 Å². The molecule has 4 N–H and O–H groups in total. The van der Waals surface area contributed by atoms with Gasteiger partial charge in [0.15, 0.2) is 6.10 Å². The lowest BCUT2D eigenvalue weighted by Crippen LogP contribution is -2.30. The summed E-state index contributed by atoms with van der Waals surface area (Å²) in [6.45, 7) is 2.25. The number of rotatable bonds is 76. The highest BCUT2D eigenvalue weighted by molar-refractivity contribution is 7.47. The van der Waals surface area contributed by atoms with Crippen LogP contribution < -0.4 is 0 Å². The quantitative estimate of drug-likeness (QED) is 0.0146. The van der Waals surface area contributed by atoms with Gasteiger partial charge in [-0.25, -0.2) is 9.13 Å². The van der Waals surface area contributed by atoms with Crippen LogP contribution in [0.15, 0.2) is 182 Å². The van der Waals surface area contributed by atoms with Gasteiger partial charge in [-0.1, -0.05) is 312 Å². The molecule has 0 aliphatic heterocycles. The Morgan fingerprint density at radius 1 is 0.262 bits per heavy atom. The minimum atomic E-state index is -4.96. The second kappa shape index (κ2) is 80.2. The van der Waals surface area contributed by atoms with E-state index in [-0.39, 0.29) is 19.3 Å². The normalized spacial score (nSPS) is 14.9. The molecule has 16 nitrogen and oxygen atoms in total. The minimum absolute atomic E-state index is 0.0602. The molecule has 5 atom stereocenters. The van der Waals surface area contributed by atoms with Crippen LogP contribution in [0.3, 0.4) is 0 Å². The number of carbonyl (C=O) groups excluding carboxylic acids is 3.